The van der Waals surface area contributed by atoms with Gasteiger partial charge in [0.15, 0.2) is 0 Å². The van der Waals surface area contributed by atoms with Crippen LogP contribution >= 0.6 is 0 Å². The predicted octanol–water partition coefficient (Wildman–Crippen LogP) is 2.79. The first-order valence-corrected chi connectivity index (χ1v) is 5.13. The molecule has 1 spiro atoms. The van der Waals surface area contributed by atoms with Crippen molar-refractivity contribution < 1.29 is 4.79 Å². The molecule has 2 aliphatic rings. The Bertz CT molecular complexity index is 197. The van der Waals surface area contributed by atoms with E-state index in [0.717, 1.165) is 24.7 Å². The third kappa shape index (κ3) is 1.19. The zero-order valence-electron chi connectivity index (χ0n) is 8.10. The van der Waals surface area contributed by atoms with Crippen LogP contribution in [-0.2, 0) is 4.79 Å². The Balaban J connectivity index is 2.10. The van der Waals surface area contributed by atoms with Crippen molar-refractivity contribution in [2.45, 2.75) is 46.0 Å². The first kappa shape index (κ1) is 8.28. The maximum absolute atomic E-state index is 11.2. The highest BCUT2D eigenvalue weighted by atomic mass is 16.1. The molecule has 2 fully saturated rings. The highest BCUT2D eigenvalue weighted by molar-refractivity contribution is 5.81. The molecule has 0 aromatic heterocycles. The number of carbonyl (C=O) groups is 1. The lowest BCUT2D eigenvalue weighted by Gasteiger charge is -2.20. The predicted molar refractivity (Wildman–Crippen MR) is 48.9 cm³/mol. The van der Waals surface area contributed by atoms with Crippen LogP contribution in [0.15, 0.2) is 0 Å². The van der Waals surface area contributed by atoms with Crippen molar-refractivity contribution in [2.24, 2.45) is 17.3 Å². The van der Waals surface area contributed by atoms with Crippen LogP contribution in [0.3, 0.4) is 0 Å². The molecule has 0 radical (unpaired) electrons. The Morgan fingerprint density at radius 1 is 1.25 bits per heavy atom. The minimum Gasteiger partial charge on any atom is -0.300 e. The zero-order valence-corrected chi connectivity index (χ0v) is 8.10. The lowest BCUT2D eigenvalue weighted by Crippen LogP contribution is -2.12. The molecule has 2 unspecified atom stereocenters. The van der Waals surface area contributed by atoms with Gasteiger partial charge in [0, 0.05) is 12.8 Å². The van der Waals surface area contributed by atoms with Crippen LogP contribution < -0.4 is 0 Å². The van der Waals surface area contributed by atoms with Gasteiger partial charge < -0.3 is 0 Å². The van der Waals surface area contributed by atoms with Crippen LogP contribution in [0.2, 0.25) is 0 Å². The molecule has 0 aromatic rings. The molecule has 2 saturated carbocycles. The van der Waals surface area contributed by atoms with Gasteiger partial charge in [-0.05, 0) is 36.5 Å². The van der Waals surface area contributed by atoms with E-state index in [0.29, 0.717) is 11.2 Å². The van der Waals surface area contributed by atoms with E-state index in [1.165, 1.54) is 19.3 Å². The second kappa shape index (κ2) is 2.58. The molecule has 1 nitrogen and oxygen atoms in total. The topological polar surface area (TPSA) is 17.1 Å². The van der Waals surface area contributed by atoms with Crippen LogP contribution in [0.1, 0.15) is 46.0 Å². The number of rotatable bonds is 0. The summed E-state index contributed by atoms with van der Waals surface area (Å²) in [6, 6.07) is 0. The molecule has 2 rings (SSSR count). The standard InChI is InChI=1S/C11H18O/c1-8-5-11(6-9(8)2)4-3-10(12)7-11/h8-9H,3-7H2,1-2H3. The lowest BCUT2D eigenvalue weighted by molar-refractivity contribution is -0.118. The van der Waals surface area contributed by atoms with Crippen molar-refractivity contribution in [3.05, 3.63) is 0 Å². The SMILES string of the molecule is CC1CC2(CCC(=O)C2)CC1C. The van der Waals surface area contributed by atoms with Crippen LogP contribution in [0.5, 0.6) is 0 Å². The summed E-state index contributed by atoms with van der Waals surface area (Å²) in [5.41, 5.74) is 0.454. The summed E-state index contributed by atoms with van der Waals surface area (Å²) in [5.74, 6) is 2.20. The Hall–Kier alpha value is -0.330. The second-order valence-electron chi connectivity index (χ2n) is 5.08. The van der Waals surface area contributed by atoms with E-state index in [1.54, 1.807) is 0 Å². The third-order valence-electron chi connectivity index (χ3n) is 3.99. The van der Waals surface area contributed by atoms with Gasteiger partial charge in [0.25, 0.3) is 0 Å². The van der Waals surface area contributed by atoms with E-state index >= 15 is 0 Å². The second-order valence-corrected chi connectivity index (χ2v) is 5.08. The summed E-state index contributed by atoms with van der Waals surface area (Å²) < 4.78 is 0. The monoisotopic (exact) mass is 166 g/mol. The van der Waals surface area contributed by atoms with Crippen LogP contribution in [0.4, 0.5) is 0 Å². The number of carbonyl (C=O) groups excluding carboxylic acids is 1. The smallest absolute Gasteiger partial charge is 0.133 e. The lowest BCUT2D eigenvalue weighted by atomic mass is 9.83. The quantitative estimate of drug-likeness (QED) is 0.541. The van der Waals surface area contributed by atoms with E-state index in [2.05, 4.69) is 13.8 Å². The molecular weight excluding hydrogens is 148 g/mol. The summed E-state index contributed by atoms with van der Waals surface area (Å²) in [4.78, 5) is 11.2. The van der Waals surface area contributed by atoms with Gasteiger partial charge in [0.2, 0.25) is 0 Å². The number of hydrogen-bond donors (Lipinski definition) is 0. The average Bonchev–Trinajstić information content (AvgIpc) is 2.42. The molecule has 0 aliphatic heterocycles. The number of Topliss-reactive ketones (excluding diaryl/α,β-unsaturated/α-hetero) is 1. The zero-order chi connectivity index (χ0) is 8.77. The molecule has 0 bridgehead atoms. The molecule has 2 atom stereocenters. The van der Waals surface area contributed by atoms with Gasteiger partial charge in [-0.15, -0.1) is 0 Å². The van der Waals surface area contributed by atoms with Gasteiger partial charge >= 0.3 is 0 Å². The van der Waals surface area contributed by atoms with Gasteiger partial charge in [-0.1, -0.05) is 13.8 Å². The molecule has 0 heterocycles. The van der Waals surface area contributed by atoms with E-state index in [4.69, 9.17) is 0 Å². The molecule has 0 N–H and O–H groups in total. The maximum atomic E-state index is 11.2. The Kier molecular flexibility index (Phi) is 1.78. The first-order chi connectivity index (χ1) is 5.61. The molecular formula is C11H18O. The molecule has 2 aliphatic carbocycles. The molecule has 1 heteroatoms. The Labute approximate surface area is 74.5 Å². The highest BCUT2D eigenvalue weighted by Gasteiger charge is 2.45. The summed E-state index contributed by atoms with van der Waals surface area (Å²) >= 11 is 0. The Morgan fingerprint density at radius 3 is 2.25 bits per heavy atom. The Morgan fingerprint density at radius 2 is 1.83 bits per heavy atom. The third-order valence-corrected chi connectivity index (χ3v) is 3.99. The molecule has 0 saturated heterocycles. The van der Waals surface area contributed by atoms with Gasteiger partial charge in [-0.2, -0.15) is 0 Å². The summed E-state index contributed by atoms with van der Waals surface area (Å²) in [7, 11) is 0. The van der Waals surface area contributed by atoms with Crippen molar-refractivity contribution in [1.82, 2.24) is 0 Å². The molecule has 0 amide bonds. The van der Waals surface area contributed by atoms with Crippen LogP contribution in [0.25, 0.3) is 0 Å². The van der Waals surface area contributed by atoms with E-state index < -0.39 is 0 Å². The van der Waals surface area contributed by atoms with E-state index in [-0.39, 0.29) is 0 Å². The fourth-order valence-electron chi connectivity index (χ4n) is 3.20. The largest absolute Gasteiger partial charge is 0.300 e. The van der Waals surface area contributed by atoms with Gasteiger partial charge in [0.1, 0.15) is 5.78 Å². The summed E-state index contributed by atoms with van der Waals surface area (Å²) in [6.07, 6.45) is 5.54. The fraction of sp³-hybridized carbons (Fsp3) is 0.909. The average molecular weight is 166 g/mol. The first-order valence-electron chi connectivity index (χ1n) is 5.13. The summed E-state index contributed by atoms with van der Waals surface area (Å²) in [5, 5.41) is 0. The van der Waals surface area contributed by atoms with Crippen LogP contribution in [0, 0.1) is 17.3 Å². The highest BCUT2D eigenvalue weighted by Crippen LogP contribution is 2.53. The summed E-state index contributed by atoms with van der Waals surface area (Å²) in [6.45, 7) is 4.67. The van der Waals surface area contributed by atoms with Crippen molar-refractivity contribution in [2.75, 3.05) is 0 Å². The van der Waals surface area contributed by atoms with Gasteiger partial charge in [0.05, 0.1) is 0 Å². The molecule has 0 aromatic carbocycles. The molecule has 12 heavy (non-hydrogen) atoms. The minimum absolute atomic E-state index is 0.454. The minimum atomic E-state index is 0.454. The van der Waals surface area contributed by atoms with Gasteiger partial charge in [-0.25, -0.2) is 0 Å². The van der Waals surface area contributed by atoms with Crippen LogP contribution in [-0.4, -0.2) is 5.78 Å². The van der Waals surface area contributed by atoms with Crippen molar-refractivity contribution >= 4 is 5.78 Å². The van der Waals surface area contributed by atoms with Crippen molar-refractivity contribution in [3.8, 4) is 0 Å². The maximum Gasteiger partial charge on any atom is 0.133 e. The number of hydrogen-bond acceptors (Lipinski definition) is 1. The number of ketones is 1. The van der Waals surface area contributed by atoms with Crippen molar-refractivity contribution in [3.63, 3.8) is 0 Å². The van der Waals surface area contributed by atoms with Gasteiger partial charge in [-0.3, -0.25) is 4.79 Å². The normalized spacial score (nSPS) is 47.7. The van der Waals surface area contributed by atoms with E-state index in [1.807, 2.05) is 0 Å². The van der Waals surface area contributed by atoms with Crippen molar-refractivity contribution in [1.29, 1.82) is 0 Å². The van der Waals surface area contributed by atoms with E-state index in [9.17, 15) is 4.79 Å². The fourth-order valence-corrected chi connectivity index (χ4v) is 3.20. The molecule has 68 valence electrons.